The number of aromatic nitrogens is 1. The van der Waals surface area contributed by atoms with Crippen LogP contribution < -0.4 is 4.74 Å². The molecule has 0 fully saturated rings. The van der Waals surface area contributed by atoms with Crippen molar-refractivity contribution in [3.63, 3.8) is 0 Å². The van der Waals surface area contributed by atoms with E-state index < -0.39 is 11.6 Å². The van der Waals surface area contributed by atoms with Crippen molar-refractivity contribution in [2.75, 3.05) is 0 Å². The highest BCUT2D eigenvalue weighted by atomic mass is 127. The molecule has 1 heterocycles. The van der Waals surface area contributed by atoms with E-state index >= 15 is 0 Å². The molecule has 0 aliphatic heterocycles. The topological polar surface area (TPSA) is 22.1 Å². The van der Waals surface area contributed by atoms with Crippen molar-refractivity contribution in [3.05, 3.63) is 55.3 Å². The third-order valence-electron chi connectivity index (χ3n) is 2.48. The molecule has 2 rings (SSSR count). The lowest BCUT2D eigenvalue weighted by Crippen LogP contribution is -2.01. The Labute approximate surface area is 131 Å². The molecule has 0 atom stereocenters. The standard InChI is InChI=1S/C13H9BrF2INO/c1-7-11(14)5-18-13(17)12(7)19-6-8-2-9(15)4-10(16)3-8/h2-5H,6H2,1H3. The fraction of sp³-hybridized carbons (Fsp3) is 0.154. The molecule has 0 radical (unpaired) electrons. The fourth-order valence-corrected chi connectivity index (χ4v) is 2.53. The van der Waals surface area contributed by atoms with Crippen molar-refractivity contribution < 1.29 is 13.5 Å². The minimum atomic E-state index is -0.614. The maximum absolute atomic E-state index is 13.1. The van der Waals surface area contributed by atoms with E-state index in [0.717, 1.165) is 16.1 Å². The van der Waals surface area contributed by atoms with Crippen LogP contribution in [0, 0.1) is 22.3 Å². The van der Waals surface area contributed by atoms with Crippen molar-refractivity contribution in [2.45, 2.75) is 13.5 Å². The third-order valence-corrected chi connectivity index (χ3v) is 4.05. The molecule has 0 aliphatic rings. The smallest absolute Gasteiger partial charge is 0.155 e. The molecular formula is C13H9BrF2INO. The van der Waals surface area contributed by atoms with Gasteiger partial charge in [-0.05, 0) is 63.1 Å². The van der Waals surface area contributed by atoms with Crippen LogP contribution in [0.25, 0.3) is 0 Å². The van der Waals surface area contributed by atoms with E-state index in [0.29, 0.717) is 15.0 Å². The third kappa shape index (κ3) is 3.62. The second kappa shape index (κ2) is 6.13. The first-order valence-electron chi connectivity index (χ1n) is 5.35. The number of halogens is 4. The summed E-state index contributed by atoms with van der Waals surface area (Å²) >= 11 is 5.42. The predicted molar refractivity (Wildman–Crippen MR) is 80.1 cm³/mol. The highest BCUT2D eigenvalue weighted by molar-refractivity contribution is 14.1. The number of rotatable bonds is 3. The molecule has 0 bridgehead atoms. The normalized spacial score (nSPS) is 10.6. The van der Waals surface area contributed by atoms with Gasteiger partial charge in [-0.15, -0.1) is 0 Å². The van der Waals surface area contributed by atoms with E-state index in [1.54, 1.807) is 6.20 Å². The molecule has 0 spiro atoms. The molecule has 0 saturated carbocycles. The van der Waals surface area contributed by atoms with Crippen molar-refractivity contribution >= 4 is 38.5 Å². The fourth-order valence-electron chi connectivity index (χ4n) is 1.55. The molecular weight excluding hydrogens is 431 g/mol. The first kappa shape index (κ1) is 14.6. The molecule has 1 aromatic heterocycles. The molecule has 2 aromatic rings. The van der Waals surface area contributed by atoms with Crippen molar-refractivity contribution in [1.29, 1.82) is 0 Å². The zero-order valence-corrected chi connectivity index (χ0v) is 13.6. The predicted octanol–water partition coefficient (Wildman–Crippen LogP) is 4.61. The lowest BCUT2D eigenvalue weighted by molar-refractivity contribution is 0.298. The summed E-state index contributed by atoms with van der Waals surface area (Å²) in [6, 6.07) is 3.33. The van der Waals surface area contributed by atoms with Crippen LogP contribution in [0.4, 0.5) is 8.78 Å². The zero-order chi connectivity index (χ0) is 14.0. The summed E-state index contributed by atoms with van der Waals surface area (Å²) < 4.78 is 33.3. The van der Waals surface area contributed by atoms with Gasteiger partial charge in [0.25, 0.3) is 0 Å². The number of nitrogens with zero attached hydrogens (tertiary/aromatic N) is 1. The summed E-state index contributed by atoms with van der Waals surface area (Å²) in [5.74, 6) is -0.616. The van der Waals surface area contributed by atoms with Crippen LogP contribution in [-0.4, -0.2) is 4.98 Å². The second-order valence-corrected chi connectivity index (χ2v) is 5.79. The average molecular weight is 440 g/mol. The van der Waals surface area contributed by atoms with Crippen molar-refractivity contribution in [3.8, 4) is 5.75 Å². The van der Waals surface area contributed by atoms with Gasteiger partial charge in [-0.1, -0.05) is 0 Å². The van der Waals surface area contributed by atoms with Crippen LogP contribution in [-0.2, 0) is 6.61 Å². The van der Waals surface area contributed by atoms with E-state index in [-0.39, 0.29) is 6.61 Å². The number of ether oxygens (including phenoxy) is 1. The van der Waals surface area contributed by atoms with E-state index in [9.17, 15) is 8.78 Å². The SMILES string of the molecule is Cc1c(Br)cnc(I)c1OCc1cc(F)cc(F)c1. The molecule has 19 heavy (non-hydrogen) atoms. The van der Waals surface area contributed by atoms with Crippen LogP contribution in [0.1, 0.15) is 11.1 Å². The summed E-state index contributed by atoms with van der Waals surface area (Å²) in [4.78, 5) is 4.15. The largest absolute Gasteiger partial charge is 0.486 e. The van der Waals surface area contributed by atoms with E-state index in [4.69, 9.17) is 4.74 Å². The number of pyridine rings is 1. The maximum Gasteiger partial charge on any atom is 0.155 e. The van der Waals surface area contributed by atoms with Gasteiger partial charge >= 0.3 is 0 Å². The molecule has 0 N–H and O–H groups in total. The maximum atomic E-state index is 13.1. The summed E-state index contributed by atoms with van der Waals surface area (Å²) in [6.45, 7) is 1.97. The van der Waals surface area contributed by atoms with E-state index in [1.807, 2.05) is 6.92 Å². The first-order valence-corrected chi connectivity index (χ1v) is 7.23. The van der Waals surface area contributed by atoms with Crippen molar-refractivity contribution in [1.82, 2.24) is 4.98 Å². The Balaban J connectivity index is 2.21. The number of hydrogen-bond donors (Lipinski definition) is 0. The number of hydrogen-bond acceptors (Lipinski definition) is 2. The summed E-state index contributed by atoms with van der Waals surface area (Å²) in [7, 11) is 0. The molecule has 100 valence electrons. The van der Waals surface area contributed by atoms with Gasteiger partial charge < -0.3 is 4.74 Å². The van der Waals surface area contributed by atoms with Gasteiger partial charge in [0.2, 0.25) is 0 Å². The Hall–Kier alpha value is -0.760. The van der Waals surface area contributed by atoms with Crippen LogP contribution in [0.5, 0.6) is 5.75 Å². The summed E-state index contributed by atoms with van der Waals surface area (Å²) in [5.41, 5.74) is 1.34. The summed E-state index contributed by atoms with van der Waals surface area (Å²) in [6.07, 6.45) is 1.69. The molecule has 0 unspecified atom stereocenters. The average Bonchev–Trinajstić information content (AvgIpc) is 2.33. The van der Waals surface area contributed by atoms with E-state index in [1.165, 1.54) is 12.1 Å². The van der Waals surface area contributed by atoms with Gasteiger partial charge in [0.05, 0.1) is 0 Å². The molecule has 1 aromatic carbocycles. The Morgan fingerprint density at radius 1 is 1.26 bits per heavy atom. The second-order valence-electron chi connectivity index (χ2n) is 3.92. The van der Waals surface area contributed by atoms with Crippen LogP contribution in [0.15, 0.2) is 28.9 Å². The quantitative estimate of drug-likeness (QED) is 0.514. The van der Waals surface area contributed by atoms with E-state index in [2.05, 4.69) is 43.5 Å². The van der Waals surface area contributed by atoms with Crippen LogP contribution >= 0.6 is 38.5 Å². The lowest BCUT2D eigenvalue weighted by Gasteiger charge is -2.11. The first-order chi connectivity index (χ1) is 8.97. The molecule has 0 amide bonds. The van der Waals surface area contributed by atoms with Gasteiger partial charge in [-0.2, -0.15) is 0 Å². The lowest BCUT2D eigenvalue weighted by atomic mass is 10.2. The molecule has 2 nitrogen and oxygen atoms in total. The van der Waals surface area contributed by atoms with Crippen LogP contribution in [0.3, 0.4) is 0 Å². The highest BCUT2D eigenvalue weighted by Crippen LogP contribution is 2.29. The highest BCUT2D eigenvalue weighted by Gasteiger charge is 2.10. The monoisotopic (exact) mass is 439 g/mol. The van der Waals surface area contributed by atoms with Gasteiger partial charge in [0, 0.05) is 22.3 Å². The van der Waals surface area contributed by atoms with Crippen molar-refractivity contribution in [2.24, 2.45) is 0 Å². The van der Waals surface area contributed by atoms with Gasteiger partial charge in [0.15, 0.2) is 5.75 Å². The van der Waals surface area contributed by atoms with Gasteiger partial charge in [0.1, 0.15) is 21.9 Å². The Morgan fingerprint density at radius 3 is 2.53 bits per heavy atom. The number of benzene rings is 1. The minimum Gasteiger partial charge on any atom is -0.486 e. The molecule has 0 saturated heterocycles. The Morgan fingerprint density at radius 2 is 1.89 bits per heavy atom. The Bertz CT molecular complexity index is 602. The van der Waals surface area contributed by atoms with Gasteiger partial charge in [-0.3, -0.25) is 0 Å². The summed E-state index contributed by atoms with van der Waals surface area (Å²) in [5, 5.41) is 0. The molecule has 0 aliphatic carbocycles. The van der Waals surface area contributed by atoms with Gasteiger partial charge in [-0.25, -0.2) is 13.8 Å². The zero-order valence-electron chi connectivity index (χ0n) is 9.88. The Kier molecular flexibility index (Phi) is 4.72. The molecule has 6 heteroatoms. The van der Waals surface area contributed by atoms with Crippen LogP contribution in [0.2, 0.25) is 0 Å². The minimum absolute atomic E-state index is 0.0870.